The Labute approximate surface area is 160 Å². The van der Waals surface area contributed by atoms with Crippen LogP contribution in [0.15, 0.2) is 84.9 Å². The molecule has 0 radical (unpaired) electrons. The second-order valence-electron chi connectivity index (χ2n) is 6.32. The number of carbonyl (C=O) groups excluding carboxylic acids is 1. The summed E-state index contributed by atoms with van der Waals surface area (Å²) < 4.78 is 5.94. The standard InChI is InChI=1S/C23H24N2O2/c1-25(18-19-10-4-2-5-11-19)23(26)16-17-24-21-14-8-9-15-22(21)27-20-12-6-3-7-13-20/h2-15,24H,16-18H2,1H3. The van der Waals surface area contributed by atoms with Gasteiger partial charge in [0.1, 0.15) is 5.75 Å². The van der Waals surface area contributed by atoms with Crippen LogP contribution in [0.2, 0.25) is 0 Å². The number of hydrogen-bond acceptors (Lipinski definition) is 3. The molecule has 3 aromatic carbocycles. The van der Waals surface area contributed by atoms with E-state index in [1.54, 1.807) is 4.90 Å². The third-order valence-electron chi connectivity index (χ3n) is 4.20. The molecule has 0 unspecified atom stereocenters. The minimum atomic E-state index is 0.104. The van der Waals surface area contributed by atoms with Crippen LogP contribution in [-0.2, 0) is 11.3 Å². The zero-order valence-electron chi connectivity index (χ0n) is 15.5. The average molecular weight is 360 g/mol. The van der Waals surface area contributed by atoms with Crippen LogP contribution in [0.3, 0.4) is 0 Å². The maximum atomic E-state index is 12.4. The lowest BCUT2D eigenvalue weighted by Gasteiger charge is -2.18. The molecule has 27 heavy (non-hydrogen) atoms. The lowest BCUT2D eigenvalue weighted by atomic mass is 10.2. The molecule has 0 saturated heterocycles. The van der Waals surface area contributed by atoms with Crippen molar-refractivity contribution in [3.63, 3.8) is 0 Å². The van der Waals surface area contributed by atoms with E-state index in [0.29, 0.717) is 19.5 Å². The van der Waals surface area contributed by atoms with Crippen molar-refractivity contribution >= 4 is 11.6 Å². The third kappa shape index (κ3) is 5.61. The lowest BCUT2D eigenvalue weighted by Crippen LogP contribution is -2.27. The van der Waals surface area contributed by atoms with Gasteiger partial charge in [-0.1, -0.05) is 60.7 Å². The number of rotatable bonds is 8. The highest BCUT2D eigenvalue weighted by Gasteiger charge is 2.10. The molecule has 0 aliphatic carbocycles. The first-order chi connectivity index (χ1) is 13.2. The molecule has 3 rings (SSSR count). The summed E-state index contributed by atoms with van der Waals surface area (Å²) in [5.74, 6) is 1.63. The summed E-state index contributed by atoms with van der Waals surface area (Å²) in [6, 6.07) is 27.4. The predicted octanol–water partition coefficient (Wildman–Crippen LogP) is 4.94. The van der Waals surface area contributed by atoms with Crippen molar-refractivity contribution in [1.82, 2.24) is 4.90 Å². The Morgan fingerprint density at radius 2 is 1.52 bits per heavy atom. The molecule has 1 amide bonds. The summed E-state index contributed by atoms with van der Waals surface area (Å²) in [5, 5.41) is 3.31. The van der Waals surface area contributed by atoms with Crippen molar-refractivity contribution < 1.29 is 9.53 Å². The van der Waals surface area contributed by atoms with Crippen LogP contribution >= 0.6 is 0 Å². The monoisotopic (exact) mass is 360 g/mol. The van der Waals surface area contributed by atoms with Crippen LogP contribution in [0.4, 0.5) is 5.69 Å². The Balaban J connectivity index is 1.52. The Hall–Kier alpha value is -3.27. The van der Waals surface area contributed by atoms with Crippen LogP contribution < -0.4 is 10.1 Å². The van der Waals surface area contributed by atoms with E-state index in [9.17, 15) is 4.79 Å². The van der Waals surface area contributed by atoms with Gasteiger partial charge in [-0.15, -0.1) is 0 Å². The molecule has 0 aliphatic heterocycles. The number of ether oxygens (including phenoxy) is 1. The first kappa shape index (κ1) is 18.5. The van der Waals surface area contributed by atoms with Gasteiger partial charge in [0, 0.05) is 26.6 Å². The second-order valence-corrected chi connectivity index (χ2v) is 6.32. The highest BCUT2D eigenvalue weighted by Crippen LogP contribution is 2.28. The molecule has 0 fully saturated rings. The SMILES string of the molecule is CN(Cc1ccccc1)C(=O)CCNc1ccccc1Oc1ccccc1. The van der Waals surface area contributed by atoms with E-state index in [0.717, 1.165) is 22.7 Å². The number of carbonyl (C=O) groups is 1. The van der Waals surface area contributed by atoms with Crippen molar-refractivity contribution in [2.45, 2.75) is 13.0 Å². The quantitative estimate of drug-likeness (QED) is 0.619. The number of nitrogens with one attached hydrogen (secondary N) is 1. The summed E-state index contributed by atoms with van der Waals surface area (Å²) in [7, 11) is 1.84. The molecule has 0 aliphatic rings. The third-order valence-corrected chi connectivity index (χ3v) is 4.20. The molecule has 0 heterocycles. The van der Waals surface area contributed by atoms with E-state index in [4.69, 9.17) is 4.74 Å². The maximum Gasteiger partial charge on any atom is 0.224 e. The zero-order chi connectivity index (χ0) is 18.9. The van der Waals surface area contributed by atoms with Crippen molar-refractivity contribution in [3.8, 4) is 11.5 Å². The fourth-order valence-electron chi connectivity index (χ4n) is 2.76. The van der Waals surface area contributed by atoms with Gasteiger partial charge in [-0.2, -0.15) is 0 Å². The highest BCUT2D eigenvalue weighted by atomic mass is 16.5. The van der Waals surface area contributed by atoms with Gasteiger partial charge in [0.25, 0.3) is 0 Å². The maximum absolute atomic E-state index is 12.4. The molecule has 4 heteroatoms. The van der Waals surface area contributed by atoms with Crippen molar-refractivity contribution in [1.29, 1.82) is 0 Å². The van der Waals surface area contributed by atoms with E-state index in [1.165, 1.54) is 0 Å². The summed E-state index contributed by atoms with van der Waals surface area (Å²) in [6.45, 7) is 1.17. The molecule has 1 N–H and O–H groups in total. The van der Waals surface area contributed by atoms with Gasteiger partial charge in [0.05, 0.1) is 5.69 Å². The summed E-state index contributed by atoms with van der Waals surface area (Å²) >= 11 is 0. The number of para-hydroxylation sites is 3. The first-order valence-electron chi connectivity index (χ1n) is 9.06. The Morgan fingerprint density at radius 3 is 2.26 bits per heavy atom. The van der Waals surface area contributed by atoms with Gasteiger partial charge in [-0.05, 0) is 29.8 Å². The largest absolute Gasteiger partial charge is 0.455 e. The lowest BCUT2D eigenvalue weighted by molar-refractivity contribution is -0.130. The molecular weight excluding hydrogens is 336 g/mol. The number of nitrogens with zero attached hydrogens (tertiary/aromatic N) is 1. The molecule has 4 nitrogen and oxygen atoms in total. The molecule has 0 spiro atoms. The molecule has 3 aromatic rings. The summed E-state index contributed by atoms with van der Waals surface area (Å²) in [5.41, 5.74) is 2.00. The van der Waals surface area contributed by atoms with Crippen LogP contribution in [-0.4, -0.2) is 24.4 Å². The molecule has 0 aromatic heterocycles. The van der Waals surface area contributed by atoms with E-state index < -0.39 is 0 Å². The summed E-state index contributed by atoms with van der Waals surface area (Å²) in [6.07, 6.45) is 0.420. The normalized spacial score (nSPS) is 10.3. The Kier molecular flexibility index (Phi) is 6.47. The predicted molar refractivity (Wildman–Crippen MR) is 109 cm³/mol. The Morgan fingerprint density at radius 1 is 0.889 bits per heavy atom. The van der Waals surface area contributed by atoms with E-state index in [2.05, 4.69) is 5.32 Å². The van der Waals surface area contributed by atoms with Gasteiger partial charge in [-0.3, -0.25) is 4.79 Å². The van der Waals surface area contributed by atoms with Crippen molar-refractivity contribution in [3.05, 3.63) is 90.5 Å². The zero-order valence-corrected chi connectivity index (χ0v) is 15.5. The number of amides is 1. The minimum absolute atomic E-state index is 0.104. The van der Waals surface area contributed by atoms with Gasteiger partial charge in [0.2, 0.25) is 5.91 Å². The second kappa shape index (κ2) is 9.43. The molecular formula is C23H24N2O2. The number of benzene rings is 3. The number of hydrogen-bond donors (Lipinski definition) is 1. The smallest absolute Gasteiger partial charge is 0.224 e. The average Bonchev–Trinajstić information content (AvgIpc) is 2.70. The van der Waals surface area contributed by atoms with Gasteiger partial charge in [-0.25, -0.2) is 0 Å². The molecule has 0 atom stereocenters. The van der Waals surface area contributed by atoms with E-state index >= 15 is 0 Å². The Bertz CT molecular complexity index is 851. The molecule has 0 bridgehead atoms. The van der Waals surface area contributed by atoms with Crippen molar-refractivity contribution in [2.75, 3.05) is 18.9 Å². The van der Waals surface area contributed by atoms with Crippen LogP contribution in [0.25, 0.3) is 0 Å². The van der Waals surface area contributed by atoms with Crippen molar-refractivity contribution in [2.24, 2.45) is 0 Å². The van der Waals surface area contributed by atoms with Gasteiger partial charge < -0.3 is 15.0 Å². The van der Waals surface area contributed by atoms with Crippen LogP contribution in [0.5, 0.6) is 11.5 Å². The van der Waals surface area contributed by atoms with E-state index in [1.807, 2.05) is 92.0 Å². The van der Waals surface area contributed by atoms with Gasteiger partial charge in [0.15, 0.2) is 5.75 Å². The molecule has 138 valence electrons. The fourth-order valence-corrected chi connectivity index (χ4v) is 2.76. The molecule has 0 saturated carbocycles. The minimum Gasteiger partial charge on any atom is -0.455 e. The van der Waals surface area contributed by atoms with Gasteiger partial charge >= 0.3 is 0 Å². The van der Waals surface area contributed by atoms with E-state index in [-0.39, 0.29) is 5.91 Å². The van der Waals surface area contributed by atoms with Crippen LogP contribution in [0, 0.1) is 0 Å². The highest BCUT2D eigenvalue weighted by molar-refractivity contribution is 5.76. The summed E-state index contributed by atoms with van der Waals surface area (Å²) in [4.78, 5) is 14.1. The number of anilines is 1. The fraction of sp³-hybridized carbons (Fsp3) is 0.174. The van der Waals surface area contributed by atoms with Crippen LogP contribution in [0.1, 0.15) is 12.0 Å². The topological polar surface area (TPSA) is 41.6 Å². The first-order valence-corrected chi connectivity index (χ1v) is 9.06.